The third kappa shape index (κ3) is 5.90. The molecule has 0 bridgehead atoms. The van der Waals surface area contributed by atoms with E-state index in [0.717, 1.165) is 57.8 Å². The van der Waals surface area contributed by atoms with Gasteiger partial charge in [0, 0.05) is 33.3 Å². The Morgan fingerprint density at radius 1 is 1.14 bits per heavy atom. The van der Waals surface area contributed by atoms with Crippen molar-refractivity contribution in [3.05, 3.63) is 0 Å². The zero-order chi connectivity index (χ0) is 16.6. The highest BCUT2D eigenvalue weighted by atomic mass is 31.2. The minimum atomic E-state index is -3.44. The van der Waals surface area contributed by atoms with Gasteiger partial charge in [-0.25, -0.2) is 4.57 Å². The predicted octanol–water partition coefficient (Wildman–Crippen LogP) is 3.74. The minimum absolute atomic E-state index is 0.190. The largest absolute Gasteiger partial charge is 0.457 e. The Balaban J connectivity index is 2.95. The molecule has 0 N–H and O–H groups in total. The molecule has 0 amide bonds. The lowest BCUT2D eigenvalue weighted by molar-refractivity contribution is 0.188. The van der Waals surface area contributed by atoms with Gasteiger partial charge in [-0.1, -0.05) is 26.7 Å². The van der Waals surface area contributed by atoms with Crippen LogP contribution in [0.5, 0.6) is 0 Å². The van der Waals surface area contributed by atoms with Crippen molar-refractivity contribution < 1.29 is 13.6 Å². The molecule has 0 aliphatic carbocycles. The SMILES string of the molecule is CCCCN1CCN(CCCC)C1=NP(=O)(OC)OC(C)C. The summed E-state index contributed by atoms with van der Waals surface area (Å²) in [7, 11) is -2.04. The molecule has 0 saturated carbocycles. The summed E-state index contributed by atoms with van der Waals surface area (Å²) in [6.07, 6.45) is 4.27. The monoisotopic (exact) mass is 333 g/mol. The van der Waals surface area contributed by atoms with Gasteiger partial charge in [-0.05, 0) is 26.7 Å². The van der Waals surface area contributed by atoms with Crippen LogP contribution in [-0.2, 0) is 13.6 Å². The zero-order valence-corrected chi connectivity index (χ0v) is 15.6. The van der Waals surface area contributed by atoms with Crippen LogP contribution in [0.15, 0.2) is 4.76 Å². The maximum atomic E-state index is 12.7. The number of nitrogens with zero attached hydrogens (tertiary/aromatic N) is 3. The first-order valence-electron chi connectivity index (χ1n) is 8.40. The second-order valence-electron chi connectivity index (χ2n) is 5.89. The van der Waals surface area contributed by atoms with E-state index >= 15 is 0 Å². The standard InChI is InChI=1S/C15H32N3O3P/c1-6-8-10-17-12-13-18(11-9-7-2)15(17)16-22(19,20-5)21-14(3)4/h14H,6-13H2,1-5H3. The molecule has 22 heavy (non-hydrogen) atoms. The second-order valence-corrected chi connectivity index (χ2v) is 7.60. The molecule has 1 unspecified atom stereocenters. The molecule has 6 nitrogen and oxygen atoms in total. The highest BCUT2D eigenvalue weighted by molar-refractivity contribution is 7.52. The van der Waals surface area contributed by atoms with Crippen LogP contribution in [0.3, 0.4) is 0 Å². The fourth-order valence-corrected chi connectivity index (χ4v) is 3.59. The summed E-state index contributed by atoms with van der Waals surface area (Å²) < 4.78 is 27.7. The summed E-state index contributed by atoms with van der Waals surface area (Å²) in [5.74, 6) is 0.771. The van der Waals surface area contributed by atoms with Crippen molar-refractivity contribution in [2.75, 3.05) is 33.3 Å². The molecule has 1 aliphatic heterocycles. The summed E-state index contributed by atoms with van der Waals surface area (Å²) >= 11 is 0. The van der Waals surface area contributed by atoms with Gasteiger partial charge in [0.1, 0.15) is 0 Å². The summed E-state index contributed by atoms with van der Waals surface area (Å²) in [5, 5.41) is 0. The number of guanidine groups is 1. The van der Waals surface area contributed by atoms with Gasteiger partial charge in [-0.15, -0.1) is 4.76 Å². The molecule has 0 aromatic heterocycles. The van der Waals surface area contributed by atoms with E-state index in [0.29, 0.717) is 0 Å². The molecule has 0 aromatic carbocycles. The molecule has 0 aromatic rings. The van der Waals surface area contributed by atoms with Gasteiger partial charge in [0.05, 0.1) is 6.10 Å². The first kappa shape index (κ1) is 19.5. The number of unbranched alkanes of at least 4 members (excludes halogenated alkanes) is 2. The molecule has 1 saturated heterocycles. The van der Waals surface area contributed by atoms with Crippen LogP contribution in [0, 0.1) is 0 Å². The number of hydrogen-bond acceptors (Lipinski definition) is 3. The van der Waals surface area contributed by atoms with Crippen molar-refractivity contribution in [3.8, 4) is 0 Å². The summed E-state index contributed by atoms with van der Waals surface area (Å²) in [6.45, 7) is 11.7. The number of rotatable bonds is 10. The molecule has 130 valence electrons. The quantitative estimate of drug-likeness (QED) is 0.570. The van der Waals surface area contributed by atoms with Crippen LogP contribution in [0.1, 0.15) is 53.4 Å². The van der Waals surface area contributed by atoms with Gasteiger partial charge < -0.3 is 9.80 Å². The van der Waals surface area contributed by atoms with Crippen molar-refractivity contribution in [2.24, 2.45) is 4.76 Å². The third-order valence-corrected chi connectivity index (χ3v) is 5.13. The van der Waals surface area contributed by atoms with Gasteiger partial charge in [0.25, 0.3) is 0 Å². The summed E-state index contributed by atoms with van der Waals surface area (Å²) in [4.78, 5) is 4.41. The first-order chi connectivity index (χ1) is 10.5. The van der Waals surface area contributed by atoms with Crippen LogP contribution in [0.4, 0.5) is 0 Å². The van der Waals surface area contributed by atoms with Crippen molar-refractivity contribution in [3.63, 3.8) is 0 Å². The van der Waals surface area contributed by atoms with Gasteiger partial charge in [-0.2, -0.15) is 0 Å². The average molecular weight is 333 g/mol. The first-order valence-corrected chi connectivity index (χ1v) is 9.89. The van der Waals surface area contributed by atoms with Crippen molar-refractivity contribution >= 4 is 13.7 Å². The molecule has 1 atom stereocenters. The normalized spacial score (nSPS) is 18.2. The Bertz CT molecular complexity index is 383. The van der Waals surface area contributed by atoms with E-state index < -0.39 is 7.75 Å². The maximum Gasteiger partial charge on any atom is 0.457 e. The van der Waals surface area contributed by atoms with Crippen LogP contribution in [0.25, 0.3) is 0 Å². The van der Waals surface area contributed by atoms with E-state index in [1.807, 2.05) is 13.8 Å². The Morgan fingerprint density at radius 3 is 2.00 bits per heavy atom. The second kappa shape index (κ2) is 9.53. The Morgan fingerprint density at radius 2 is 1.64 bits per heavy atom. The molecular formula is C15H32N3O3P. The predicted molar refractivity (Wildman–Crippen MR) is 91.2 cm³/mol. The average Bonchev–Trinajstić information content (AvgIpc) is 2.84. The lowest BCUT2D eigenvalue weighted by Gasteiger charge is -2.25. The molecule has 1 rings (SSSR count). The summed E-state index contributed by atoms with van der Waals surface area (Å²) in [5.41, 5.74) is 0. The molecule has 0 spiro atoms. The molecule has 1 fully saturated rings. The van der Waals surface area contributed by atoms with E-state index in [-0.39, 0.29) is 6.10 Å². The van der Waals surface area contributed by atoms with Crippen molar-refractivity contribution in [2.45, 2.75) is 59.5 Å². The molecule has 0 radical (unpaired) electrons. The maximum absolute atomic E-state index is 12.7. The number of hydrogen-bond donors (Lipinski definition) is 0. The lowest BCUT2D eigenvalue weighted by atomic mass is 10.3. The van der Waals surface area contributed by atoms with E-state index in [4.69, 9.17) is 9.05 Å². The Kier molecular flexibility index (Phi) is 8.44. The van der Waals surface area contributed by atoms with E-state index in [1.165, 1.54) is 7.11 Å². The Labute approximate surface area is 135 Å². The Hall–Kier alpha value is -0.580. The molecule has 7 heteroatoms. The van der Waals surface area contributed by atoms with Crippen molar-refractivity contribution in [1.29, 1.82) is 0 Å². The highest BCUT2D eigenvalue weighted by Crippen LogP contribution is 2.50. The molecular weight excluding hydrogens is 301 g/mol. The molecule has 1 heterocycles. The van der Waals surface area contributed by atoms with Gasteiger partial charge in [0.2, 0.25) is 5.96 Å². The van der Waals surface area contributed by atoms with E-state index in [1.54, 1.807) is 0 Å². The third-order valence-electron chi connectivity index (χ3n) is 3.56. The lowest BCUT2D eigenvalue weighted by Crippen LogP contribution is -2.35. The van der Waals surface area contributed by atoms with E-state index in [9.17, 15) is 4.57 Å². The fourth-order valence-electron chi connectivity index (χ4n) is 2.37. The van der Waals surface area contributed by atoms with Gasteiger partial charge in [0.15, 0.2) is 0 Å². The highest BCUT2D eigenvalue weighted by Gasteiger charge is 2.32. The van der Waals surface area contributed by atoms with Crippen LogP contribution in [-0.4, -0.2) is 55.2 Å². The summed E-state index contributed by atoms with van der Waals surface area (Å²) in [6, 6.07) is 0. The fraction of sp³-hybridized carbons (Fsp3) is 0.933. The topological polar surface area (TPSA) is 54.4 Å². The van der Waals surface area contributed by atoms with Gasteiger partial charge >= 0.3 is 7.75 Å². The van der Waals surface area contributed by atoms with Crippen LogP contribution < -0.4 is 0 Å². The zero-order valence-electron chi connectivity index (χ0n) is 14.7. The van der Waals surface area contributed by atoms with Gasteiger partial charge in [-0.3, -0.25) is 9.05 Å². The van der Waals surface area contributed by atoms with E-state index in [2.05, 4.69) is 28.4 Å². The van der Waals surface area contributed by atoms with Crippen molar-refractivity contribution in [1.82, 2.24) is 9.80 Å². The minimum Gasteiger partial charge on any atom is -0.341 e. The smallest absolute Gasteiger partial charge is 0.341 e. The van der Waals surface area contributed by atoms with Crippen LogP contribution in [0.2, 0.25) is 0 Å². The molecule has 1 aliphatic rings. The van der Waals surface area contributed by atoms with Crippen LogP contribution >= 0.6 is 7.75 Å².